The number of aromatic amines is 1. The summed E-state index contributed by atoms with van der Waals surface area (Å²) >= 11 is 6.04. The third-order valence-corrected chi connectivity index (χ3v) is 3.64. The van der Waals surface area contributed by atoms with Crippen molar-refractivity contribution in [3.63, 3.8) is 0 Å². The number of benzene rings is 2. The maximum absolute atomic E-state index is 13.6. The number of carbonyl (C=O) groups excluding carboxylic acids is 1. The Bertz CT molecular complexity index is 841. The quantitative estimate of drug-likeness (QED) is 0.718. The average Bonchev–Trinajstić information content (AvgIpc) is 2.88. The van der Waals surface area contributed by atoms with Gasteiger partial charge in [0.05, 0.1) is 16.3 Å². The lowest BCUT2D eigenvalue weighted by Crippen LogP contribution is -2.12. The summed E-state index contributed by atoms with van der Waals surface area (Å²) in [6, 6.07) is 10.2. The summed E-state index contributed by atoms with van der Waals surface area (Å²) in [5.74, 6) is -0.744. The van der Waals surface area contributed by atoms with E-state index < -0.39 is 5.82 Å². The Morgan fingerprint density at radius 2 is 2.05 bits per heavy atom. The summed E-state index contributed by atoms with van der Waals surface area (Å²) in [6.07, 6.45) is 1.62. The van der Waals surface area contributed by atoms with Gasteiger partial charge in [0.2, 0.25) is 0 Å². The highest BCUT2D eigenvalue weighted by molar-refractivity contribution is 6.34. The van der Waals surface area contributed by atoms with E-state index in [1.165, 1.54) is 12.1 Å². The van der Waals surface area contributed by atoms with Crippen LogP contribution in [0.3, 0.4) is 0 Å². The van der Waals surface area contributed by atoms with E-state index in [-0.39, 0.29) is 11.6 Å². The lowest BCUT2D eigenvalue weighted by atomic mass is 10.1. The van der Waals surface area contributed by atoms with Crippen molar-refractivity contribution in [2.45, 2.75) is 6.92 Å². The van der Waals surface area contributed by atoms with Crippen molar-refractivity contribution in [3.8, 4) is 0 Å². The van der Waals surface area contributed by atoms with Crippen molar-refractivity contribution in [3.05, 3.63) is 64.6 Å². The molecule has 1 heterocycles. The number of rotatable bonds is 2. The Kier molecular flexibility index (Phi) is 3.39. The Morgan fingerprint density at radius 3 is 2.86 bits per heavy atom. The first-order valence-corrected chi connectivity index (χ1v) is 6.77. The molecule has 1 aromatic heterocycles. The zero-order valence-corrected chi connectivity index (χ0v) is 12.0. The van der Waals surface area contributed by atoms with E-state index in [9.17, 15) is 9.18 Å². The van der Waals surface area contributed by atoms with Gasteiger partial charge in [0, 0.05) is 17.1 Å². The van der Waals surface area contributed by atoms with Gasteiger partial charge in [0.25, 0.3) is 5.91 Å². The highest BCUT2D eigenvalue weighted by Gasteiger charge is 2.14. The lowest BCUT2D eigenvalue weighted by Gasteiger charge is -2.08. The number of hydrogen-bond acceptors (Lipinski definition) is 1. The van der Waals surface area contributed by atoms with Crippen LogP contribution >= 0.6 is 11.6 Å². The van der Waals surface area contributed by atoms with E-state index in [4.69, 9.17) is 11.6 Å². The molecule has 0 atom stereocenters. The van der Waals surface area contributed by atoms with Crippen molar-refractivity contribution in [2.75, 3.05) is 5.32 Å². The van der Waals surface area contributed by atoms with Crippen LogP contribution in [0.15, 0.2) is 42.6 Å². The summed E-state index contributed by atoms with van der Waals surface area (Å²) in [7, 11) is 0. The second-order valence-electron chi connectivity index (χ2n) is 4.78. The summed E-state index contributed by atoms with van der Waals surface area (Å²) < 4.78 is 13.6. The van der Waals surface area contributed by atoms with Crippen LogP contribution in [0.2, 0.25) is 5.02 Å². The van der Waals surface area contributed by atoms with Crippen LogP contribution in [0.1, 0.15) is 15.9 Å². The maximum atomic E-state index is 13.6. The summed E-state index contributed by atoms with van der Waals surface area (Å²) in [4.78, 5) is 15.3. The van der Waals surface area contributed by atoms with Gasteiger partial charge in [-0.2, -0.15) is 0 Å². The molecule has 3 aromatic rings. The molecule has 1 amide bonds. The van der Waals surface area contributed by atoms with Gasteiger partial charge in [-0.15, -0.1) is 0 Å². The third-order valence-electron chi connectivity index (χ3n) is 3.33. The first kappa shape index (κ1) is 13.6. The minimum Gasteiger partial charge on any atom is -0.360 e. The molecule has 2 N–H and O–H groups in total. The molecule has 0 bridgehead atoms. The van der Waals surface area contributed by atoms with Gasteiger partial charge in [-0.1, -0.05) is 29.8 Å². The number of halogens is 2. The van der Waals surface area contributed by atoms with Crippen LogP contribution < -0.4 is 5.32 Å². The third kappa shape index (κ3) is 2.50. The number of anilines is 1. The summed E-state index contributed by atoms with van der Waals surface area (Å²) in [6.45, 7) is 1.62. The van der Waals surface area contributed by atoms with Gasteiger partial charge in [0.1, 0.15) is 5.82 Å². The Hall–Kier alpha value is -2.33. The van der Waals surface area contributed by atoms with E-state index in [0.29, 0.717) is 16.1 Å². The topological polar surface area (TPSA) is 44.9 Å². The predicted octanol–water partition coefficient (Wildman–Crippen LogP) is 4.52. The van der Waals surface area contributed by atoms with E-state index in [0.717, 1.165) is 10.9 Å². The highest BCUT2D eigenvalue weighted by atomic mass is 35.5. The number of nitrogens with one attached hydrogen (secondary N) is 2. The van der Waals surface area contributed by atoms with Crippen molar-refractivity contribution in [1.29, 1.82) is 0 Å². The summed E-state index contributed by atoms with van der Waals surface area (Å²) in [5.41, 5.74) is 2.05. The molecule has 0 spiro atoms. The molecule has 0 fully saturated rings. The number of H-pyrrole nitrogens is 1. The molecule has 0 unspecified atom stereocenters. The van der Waals surface area contributed by atoms with E-state index in [2.05, 4.69) is 10.3 Å². The van der Waals surface area contributed by atoms with Crippen molar-refractivity contribution in [1.82, 2.24) is 4.98 Å². The minimum atomic E-state index is -0.409. The van der Waals surface area contributed by atoms with Crippen molar-refractivity contribution < 1.29 is 9.18 Å². The SMILES string of the molecule is Cc1cc(Cl)c(NC(=O)c2c[nH]c3ccccc23)cc1F. The van der Waals surface area contributed by atoms with Crippen LogP contribution in [-0.2, 0) is 0 Å². The van der Waals surface area contributed by atoms with Gasteiger partial charge in [-0.05, 0) is 30.7 Å². The van der Waals surface area contributed by atoms with Crippen LogP contribution in [0.25, 0.3) is 10.9 Å². The van der Waals surface area contributed by atoms with Crippen molar-refractivity contribution >= 4 is 34.1 Å². The second-order valence-corrected chi connectivity index (χ2v) is 5.19. The molecule has 0 saturated carbocycles. The molecule has 0 saturated heterocycles. The second kappa shape index (κ2) is 5.22. The van der Waals surface area contributed by atoms with E-state index in [1.54, 1.807) is 13.1 Å². The zero-order valence-electron chi connectivity index (χ0n) is 11.2. The normalized spacial score (nSPS) is 10.8. The molecule has 0 radical (unpaired) electrons. The first-order chi connectivity index (χ1) is 10.1. The lowest BCUT2D eigenvalue weighted by molar-refractivity contribution is 0.102. The van der Waals surface area contributed by atoms with Gasteiger partial charge < -0.3 is 10.3 Å². The largest absolute Gasteiger partial charge is 0.360 e. The van der Waals surface area contributed by atoms with Gasteiger partial charge in [-0.3, -0.25) is 4.79 Å². The molecule has 106 valence electrons. The fraction of sp³-hybridized carbons (Fsp3) is 0.0625. The van der Waals surface area contributed by atoms with Gasteiger partial charge in [-0.25, -0.2) is 4.39 Å². The van der Waals surface area contributed by atoms with Crippen LogP contribution in [0.5, 0.6) is 0 Å². The number of carbonyl (C=O) groups is 1. The standard InChI is InChI=1S/C16H12ClFN2O/c1-9-6-12(17)15(7-13(9)18)20-16(21)11-8-19-14-5-3-2-4-10(11)14/h2-8,19H,1H3,(H,20,21). The Morgan fingerprint density at radius 1 is 1.29 bits per heavy atom. The minimum absolute atomic E-state index is 0.259. The number of hydrogen-bond donors (Lipinski definition) is 2. The number of aromatic nitrogens is 1. The summed E-state index contributed by atoms with van der Waals surface area (Å²) in [5, 5.41) is 3.75. The van der Waals surface area contributed by atoms with Crippen LogP contribution in [0.4, 0.5) is 10.1 Å². The molecule has 0 aliphatic carbocycles. The predicted molar refractivity (Wildman–Crippen MR) is 82.4 cm³/mol. The molecule has 0 aliphatic heterocycles. The first-order valence-electron chi connectivity index (χ1n) is 6.39. The number of aryl methyl sites for hydroxylation is 1. The Labute approximate surface area is 125 Å². The number of amides is 1. The fourth-order valence-corrected chi connectivity index (χ4v) is 2.46. The highest BCUT2D eigenvalue weighted by Crippen LogP contribution is 2.26. The molecule has 0 aliphatic rings. The monoisotopic (exact) mass is 302 g/mol. The van der Waals surface area contributed by atoms with Crippen molar-refractivity contribution in [2.24, 2.45) is 0 Å². The van der Waals surface area contributed by atoms with E-state index >= 15 is 0 Å². The number of fused-ring (bicyclic) bond motifs is 1. The average molecular weight is 303 g/mol. The zero-order chi connectivity index (χ0) is 15.0. The molecular formula is C16H12ClFN2O. The fourth-order valence-electron chi connectivity index (χ4n) is 2.19. The molecule has 3 nitrogen and oxygen atoms in total. The van der Waals surface area contributed by atoms with E-state index in [1.807, 2.05) is 24.3 Å². The molecule has 3 rings (SSSR count). The Balaban J connectivity index is 1.95. The van der Waals surface area contributed by atoms with Gasteiger partial charge >= 0.3 is 0 Å². The maximum Gasteiger partial charge on any atom is 0.257 e. The molecule has 2 aromatic carbocycles. The van der Waals surface area contributed by atoms with Crippen LogP contribution in [0, 0.1) is 12.7 Å². The van der Waals surface area contributed by atoms with Crippen LogP contribution in [-0.4, -0.2) is 10.9 Å². The number of para-hydroxylation sites is 1. The molecular weight excluding hydrogens is 291 g/mol. The molecule has 5 heteroatoms. The smallest absolute Gasteiger partial charge is 0.257 e. The molecule has 21 heavy (non-hydrogen) atoms. The van der Waals surface area contributed by atoms with Gasteiger partial charge in [0.15, 0.2) is 0 Å².